The standard InChI is InChI=1S/C8H15F2NO/c1-12-6-4-2-3-5-8(6,11)7(9)10/h6-7H,2-5,11H2,1H3. The number of rotatable bonds is 2. The minimum absolute atomic E-state index is 0.364. The van der Waals surface area contributed by atoms with Crippen molar-refractivity contribution < 1.29 is 13.5 Å². The number of hydrogen-bond donors (Lipinski definition) is 1. The van der Waals surface area contributed by atoms with Gasteiger partial charge >= 0.3 is 0 Å². The predicted octanol–water partition coefficient (Wildman–Crippen LogP) is 1.54. The zero-order valence-corrected chi connectivity index (χ0v) is 7.22. The minimum Gasteiger partial charge on any atom is -0.379 e. The fourth-order valence-corrected chi connectivity index (χ4v) is 1.78. The zero-order chi connectivity index (χ0) is 9.19. The first-order valence-corrected chi connectivity index (χ1v) is 4.21. The molecule has 72 valence electrons. The van der Waals surface area contributed by atoms with Gasteiger partial charge in [0.15, 0.2) is 0 Å². The summed E-state index contributed by atoms with van der Waals surface area (Å²) in [5, 5.41) is 0. The fourth-order valence-electron chi connectivity index (χ4n) is 1.78. The summed E-state index contributed by atoms with van der Waals surface area (Å²) in [6.07, 6.45) is -0.236. The molecule has 0 radical (unpaired) electrons. The van der Waals surface area contributed by atoms with Gasteiger partial charge in [-0.05, 0) is 12.8 Å². The second-order valence-corrected chi connectivity index (χ2v) is 3.38. The van der Waals surface area contributed by atoms with Crippen LogP contribution in [0.3, 0.4) is 0 Å². The Morgan fingerprint density at radius 1 is 1.50 bits per heavy atom. The second-order valence-electron chi connectivity index (χ2n) is 3.38. The first-order valence-electron chi connectivity index (χ1n) is 4.21. The van der Waals surface area contributed by atoms with Crippen LogP contribution in [0.4, 0.5) is 8.78 Å². The summed E-state index contributed by atoms with van der Waals surface area (Å²) in [5.41, 5.74) is 4.17. The molecule has 0 aromatic carbocycles. The van der Waals surface area contributed by atoms with Crippen LogP contribution in [-0.2, 0) is 4.74 Å². The average Bonchev–Trinajstić information content (AvgIpc) is 2.05. The minimum atomic E-state index is -2.48. The van der Waals surface area contributed by atoms with Crippen molar-refractivity contribution in [1.82, 2.24) is 0 Å². The highest BCUT2D eigenvalue weighted by Gasteiger charge is 2.45. The number of ether oxygens (including phenoxy) is 1. The first-order chi connectivity index (χ1) is 5.61. The lowest BCUT2D eigenvalue weighted by Crippen LogP contribution is -2.58. The molecule has 1 fully saturated rings. The van der Waals surface area contributed by atoms with Gasteiger partial charge in [-0.3, -0.25) is 0 Å². The van der Waals surface area contributed by atoms with Gasteiger partial charge in [-0.15, -0.1) is 0 Å². The van der Waals surface area contributed by atoms with E-state index in [1.165, 1.54) is 7.11 Å². The maximum Gasteiger partial charge on any atom is 0.258 e. The molecule has 0 bridgehead atoms. The van der Waals surface area contributed by atoms with Crippen molar-refractivity contribution in [3.05, 3.63) is 0 Å². The number of nitrogens with two attached hydrogens (primary N) is 1. The third-order valence-electron chi connectivity index (χ3n) is 2.62. The Bertz CT molecular complexity index is 154. The number of methoxy groups -OCH3 is 1. The maximum absolute atomic E-state index is 12.5. The Morgan fingerprint density at radius 3 is 2.58 bits per heavy atom. The Balaban J connectivity index is 2.68. The number of hydrogen-bond acceptors (Lipinski definition) is 2. The van der Waals surface area contributed by atoms with Crippen LogP contribution in [0.25, 0.3) is 0 Å². The van der Waals surface area contributed by atoms with Crippen molar-refractivity contribution in [2.75, 3.05) is 7.11 Å². The Morgan fingerprint density at radius 2 is 2.17 bits per heavy atom. The van der Waals surface area contributed by atoms with Crippen LogP contribution in [0.15, 0.2) is 0 Å². The molecule has 12 heavy (non-hydrogen) atoms. The van der Waals surface area contributed by atoms with Gasteiger partial charge in [0, 0.05) is 7.11 Å². The molecule has 1 aliphatic carbocycles. The maximum atomic E-state index is 12.5. The van der Waals surface area contributed by atoms with Crippen LogP contribution in [0.1, 0.15) is 25.7 Å². The number of halogens is 2. The van der Waals surface area contributed by atoms with Crippen LogP contribution in [0.5, 0.6) is 0 Å². The van der Waals surface area contributed by atoms with E-state index in [1.54, 1.807) is 0 Å². The molecule has 0 aromatic rings. The smallest absolute Gasteiger partial charge is 0.258 e. The monoisotopic (exact) mass is 179 g/mol. The summed E-state index contributed by atoms with van der Waals surface area (Å²) in [6, 6.07) is 0. The Hall–Kier alpha value is -0.220. The van der Waals surface area contributed by atoms with Crippen molar-refractivity contribution in [2.45, 2.75) is 43.8 Å². The molecule has 0 heterocycles. The van der Waals surface area contributed by atoms with Gasteiger partial charge in [-0.2, -0.15) is 0 Å². The van der Waals surface area contributed by atoms with Crippen molar-refractivity contribution in [3.8, 4) is 0 Å². The fraction of sp³-hybridized carbons (Fsp3) is 1.00. The highest BCUT2D eigenvalue weighted by atomic mass is 19.3. The number of alkyl halides is 2. The zero-order valence-electron chi connectivity index (χ0n) is 7.22. The van der Waals surface area contributed by atoms with E-state index in [0.717, 1.165) is 12.8 Å². The van der Waals surface area contributed by atoms with E-state index in [9.17, 15) is 8.78 Å². The van der Waals surface area contributed by atoms with Crippen molar-refractivity contribution in [2.24, 2.45) is 5.73 Å². The van der Waals surface area contributed by atoms with E-state index >= 15 is 0 Å². The molecule has 4 heteroatoms. The lowest BCUT2D eigenvalue weighted by Gasteiger charge is -2.39. The second kappa shape index (κ2) is 3.66. The lowest BCUT2D eigenvalue weighted by molar-refractivity contribution is -0.0712. The van der Waals surface area contributed by atoms with Gasteiger partial charge in [0.1, 0.15) is 5.54 Å². The molecule has 0 amide bonds. The van der Waals surface area contributed by atoms with Gasteiger partial charge in [0.25, 0.3) is 6.43 Å². The topological polar surface area (TPSA) is 35.2 Å². The van der Waals surface area contributed by atoms with Crippen molar-refractivity contribution in [1.29, 1.82) is 0 Å². The third kappa shape index (κ3) is 1.59. The van der Waals surface area contributed by atoms with E-state index in [0.29, 0.717) is 12.8 Å². The molecule has 0 spiro atoms. The molecule has 0 aromatic heterocycles. The Labute approximate surface area is 71.1 Å². The van der Waals surface area contributed by atoms with E-state index < -0.39 is 18.1 Å². The molecular formula is C8H15F2NO. The quantitative estimate of drug-likeness (QED) is 0.697. The third-order valence-corrected chi connectivity index (χ3v) is 2.62. The summed E-state index contributed by atoms with van der Waals surface area (Å²) >= 11 is 0. The van der Waals surface area contributed by atoms with Gasteiger partial charge in [0.05, 0.1) is 6.10 Å². The normalized spacial score (nSPS) is 37.2. The molecule has 1 rings (SSSR count). The summed E-state index contributed by atoms with van der Waals surface area (Å²) in [7, 11) is 1.44. The predicted molar refractivity (Wildman–Crippen MR) is 42.2 cm³/mol. The summed E-state index contributed by atoms with van der Waals surface area (Å²) in [5.74, 6) is 0. The van der Waals surface area contributed by atoms with Gasteiger partial charge in [0.2, 0.25) is 0 Å². The highest BCUT2D eigenvalue weighted by Crippen LogP contribution is 2.32. The molecule has 0 aliphatic heterocycles. The summed E-state index contributed by atoms with van der Waals surface area (Å²) < 4.78 is 30.0. The van der Waals surface area contributed by atoms with Gasteiger partial charge < -0.3 is 10.5 Å². The largest absolute Gasteiger partial charge is 0.379 e. The SMILES string of the molecule is COC1CCCCC1(N)C(F)F. The van der Waals surface area contributed by atoms with Crippen LogP contribution < -0.4 is 5.73 Å². The van der Waals surface area contributed by atoms with Gasteiger partial charge in [-0.1, -0.05) is 12.8 Å². The summed E-state index contributed by atoms with van der Waals surface area (Å²) in [6.45, 7) is 0. The lowest BCUT2D eigenvalue weighted by atomic mass is 9.80. The summed E-state index contributed by atoms with van der Waals surface area (Å²) in [4.78, 5) is 0. The van der Waals surface area contributed by atoms with Crippen LogP contribution in [-0.4, -0.2) is 25.2 Å². The van der Waals surface area contributed by atoms with Gasteiger partial charge in [-0.25, -0.2) is 8.78 Å². The molecule has 2 nitrogen and oxygen atoms in total. The first kappa shape index (κ1) is 9.86. The molecule has 0 saturated heterocycles. The van der Waals surface area contributed by atoms with Crippen LogP contribution in [0, 0.1) is 0 Å². The average molecular weight is 179 g/mol. The molecule has 1 aliphatic rings. The van der Waals surface area contributed by atoms with Crippen LogP contribution >= 0.6 is 0 Å². The van der Waals surface area contributed by atoms with Crippen LogP contribution in [0.2, 0.25) is 0 Å². The molecule has 2 unspecified atom stereocenters. The van der Waals surface area contributed by atoms with E-state index in [4.69, 9.17) is 10.5 Å². The molecule has 2 N–H and O–H groups in total. The Kier molecular flexibility index (Phi) is 3.01. The molecular weight excluding hydrogens is 164 g/mol. The molecule has 2 atom stereocenters. The van der Waals surface area contributed by atoms with E-state index in [1.807, 2.05) is 0 Å². The van der Waals surface area contributed by atoms with Crippen molar-refractivity contribution >= 4 is 0 Å². The van der Waals surface area contributed by atoms with E-state index in [2.05, 4.69) is 0 Å². The highest BCUT2D eigenvalue weighted by molar-refractivity contribution is 4.97. The van der Waals surface area contributed by atoms with E-state index in [-0.39, 0.29) is 0 Å². The molecule has 1 saturated carbocycles. The van der Waals surface area contributed by atoms with Crippen molar-refractivity contribution in [3.63, 3.8) is 0 Å².